The van der Waals surface area contributed by atoms with Crippen molar-refractivity contribution in [2.75, 3.05) is 33.2 Å². The number of halogens is 2. The van der Waals surface area contributed by atoms with Crippen molar-refractivity contribution in [3.63, 3.8) is 0 Å². The maximum atomic E-state index is 13.2. The number of nitrogens with zero attached hydrogens (tertiary/aromatic N) is 3. The third-order valence-corrected chi connectivity index (χ3v) is 6.27. The van der Waals surface area contributed by atoms with Crippen molar-refractivity contribution in [1.29, 1.82) is 0 Å². The Labute approximate surface area is 199 Å². The van der Waals surface area contributed by atoms with Crippen molar-refractivity contribution in [2.45, 2.75) is 24.0 Å². The fraction of sp³-hybridized carbons (Fsp3) is 0.450. The Morgan fingerprint density at radius 2 is 1.94 bits per heavy atom. The van der Waals surface area contributed by atoms with Crippen molar-refractivity contribution in [1.82, 2.24) is 19.5 Å². The summed E-state index contributed by atoms with van der Waals surface area (Å²) in [5.41, 5.74) is 0.902. The minimum absolute atomic E-state index is 0. The highest BCUT2D eigenvalue weighted by molar-refractivity contribution is 14.0. The predicted molar refractivity (Wildman–Crippen MR) is 129 cm³/mol. The Kier molecular flexibility index (Phi) is 9.28. The molecule has 0 aliphatic carbocycles. The van der Waals surface area contributed by atoms with Gasteiger partial charge in [0.25, 0.3) is 0 Å². The summed E-state index contributed by atoms with van der Waals surface area (Å²) < 4.78 is 48.1. The highest BCUT2D eigenvalue weighted by Gasteiger charge is 2.28. The van der Waals surface area contributed by atoms with Gasteiger partial charge in [0.1, 0.15) is 11.9 Å². The van der Waals surface area contributed by atoms with Gasteiger partial charge in [0.05, 0.1) is 17.5 Å². The maximum Gasteiger partial charge on any atom is 0.242 e. The van der Waals surface area contributed by atoms with E-state index in [0.717, 1.165) is 5.56 Å². The van der Waals surface area contributed by atoms with Crippen LogP contribution in [0.3, 0.4) is 0 Å². The van der Waals surface area contributed by atoms with Gasteiger partial charge in [-0.15, -0.1) is 24.0 Å². The van der Waals surface area contributed by atoms with Gasteiger partial charge in [-0.1, -0.05) is 12.1 Å². The lowest BCUT2D eigenvalue weighted by Gasteiger charge is -2.38. The molecular formula is C20H29FIN5O3S. The zero-order chi connectivity index (χ0) is 21.7. The van der Waals surface area contributed by atoms with Gasteiger partial charge >= 0.3 is 0 Å². The first-order valence-electron chi connectivity index (χ1n) is 9.76. The van der Waals surface area contributed by atoms with Crippen LogP contribution in [0, 0.1) is 5.82 Å². The molecule has 1 fully saturated rings. The molecule has 0 amide bonds. The Morgan fingerprint density at radius 1 is 1.23 bits per heavy atom. The maximum absolute atomic E-state index is 13.2. The van der Waals surface area contributed by atoms with Crippen molar-refractivity contribution < 1.29 is 17.5 Å². The lowest BCUT2D eigenvalue weighted by Crippen LogP contribution is -2.51. The quantitative estimate of drug-likeness (QED) is 0.243. The van der Waals surface area contributed by atoms with E-state index in [1.54, 1.807) is 49.3 Å². The molecule has 1 aliphatic rings. The van der Waals surface area contributed by atoms with E-state index in [0.29, 0.717) is 25.6 Å². The van der Waals surface area contributed by atoms with E-state index in [4.69, 9.17) is 4.74 Å². The smallest absolute Gasteiger partial charge is 0.242 e. The van der Waals surface area contributed by atoms with Crippen LogP contribution in [0.2, 0.25) is 0 Å². The standard InChI is InChI=1S/C20H28FN5O3S.HI/c1-15-12-26(14-19(29-15)16-4-6-17(21)7-5-16)20(22-2)23-9-10-24-30(27,28)18-8-11-25(3)13-18;/h4-8,11,13,15,19,24H,9-10,12,14H2,1-3H3,(H,22,23);1H. The van der Waals surface area contributed by atoms with E-state index >= 15 is 0 Å². The number of nitrogens with one attached hydrogen (secondary N) is 2. The zero-order valence-corrected chi connectivity index (χ0v) is 20.9. The van der Waals surface area contributed by atoms with Gasteiger partial charge in [-0.2, -0.15) is 0 Å². The molecule has 1 aromatic carbocycles. The molecule has 1 saturated heterocycles. The second kappa shape index (κ2) is 11.2. The van der Waals surface area contributed by atoms with Gasteiger partial charge in [-0.05, 0) is 30.7 Å². The van der Waals surface area contributed by atoms with Crippen LogP contribution in [-0.2, 0) is 21.8 Å². The largest absolute Gasteiger partial charge is 0.367 e. The van der Waals surface area contributed by atoms with Crippen LogP contribution < -0.4 is 10.0 Å². The number of hydrogen-bond acceptors (Lipinski definition) is 4. The fourth-order valence-electron chi connectivity index (χ4n) is 3.40. The molecule has 1 aromatic heterocycles. The number of benzene rings is 1. The van der Waals surface area contributed by atoms with Crippen molar-refractivity contribution in [2.24, 2.45) is 12.0 Å². The van der Waals surface area contributed by atoms with Gasteiger partial charge in [-0.25, -0.2) is 17.5 Å². The Hall–Kier alpha value is -1.70. The number of ether oxygens (including phenoxy) is 1. The first kappa shape index (κ1) is 25.6. The molecule has 31 heavy (non-hydrogen) atoms. The van der Waals surface area contributed by atoms with Crippen LogP contribution in [0.5, 0.6) is 0 Å². The summed E-state index contributed by atoms with van der Waals surface area (Å²) in [4.78, 5) is 6.62. The lowest BCUT2D eigenvalue weighted by molar-refractivity contribution is -0.0604. The zero-order valence-electron chi connectivity index (χ0n) is 17.8. The van der Waals surface area contributed by atoms with Crippen molar-refractivity contribution in [3.8, 4) is 0 Å². The molecule has 2 N–H and O–H groups in total. The van der Waals surface area contributed by atoms with E-state index in [1.807, 2.05) is 6.92 Å². The molecule has 2 heterocycles. The normalized spacial score (nSPS) is 19.7. The number of hydrogen-bond donors (Lipinski definition) is 2. The fourth-order valence-corrected chi connectivity index (χ4v) is 4.48. The number of sulfonamides is 1. The Bertz CT molecular complexity index is 981. The molecule has 2 unspecified atom stereocenters. The number of aliphatic imine (C=N–C) groups is 1. The second-order valence-electron chi connectivity index (χ2n) is 7.28. The summed E-state index contributed by atoms with van der Waals surface area (Å²) in [6.45, 7) is 3.78. The third-order valence-electron chi connectivity index (χ3n) is 4.83. The summed E-state index contributed by atoms with van der Waals surface area (Å²) in [6.07, 6.45) is 3.00. The molecular weight excluding hydrogens is 536 g/mol. The molecule has 2 aromatic rings. The summed E-state index contributed by atoms with van der Waals surface area (Å²) >= 11 is 0. The topological polar surface area (TPSA) is 88.0 Å². The minimum Gasteiger partial charge on any atom is -0.367 e. The van der Waals surface area contributed by atoms with E-state index in [9.17, 15) is 12.8 Å². The highest BCUT2D eigenvalue weighted by atomic mass is 127. The summed E-state index contributed by atoms with van der Waals surface area (Å²) in [5.74, 6) is 0.381. The van der Waals surface area contributed by atoms with Gasteiger partial charge in [-0.3, -0.25) is 4.99 Å². The van der Waals surface area contributed by atoms with Crippen molar-refractivity contribution in [3.05, 3.63) is 54.1 Å². The first-order valence-corrected chi connectivity index (χ1v) is 11.2. The van der Waals surface area contributed by atoms with Gasteiger partial charge in [0.2, 0.25) is 10.0 Å². The SMILES string of the molecule is CN=C(NCCNS(=O)(=O)c1ccn(C)c1)N1CC(C)OC(c2ccc(F)cc2)C1.I. The van der Waals surface area contributed by atoms with Gasteiger partial charge in [0, 0.05) is 46.1 Å². The predicted octanol–water partition coefficient (Wildman–Crippen LogP) is 2.10. The van der Waals surface area contributed by atoms with Crippen LogP contribution in [-0.4, -0.2) is 63.2 Å². The molecule has 0 saturated carbocycles. The van der Waals surface area contributed by atoms with E-state index in [1.165, 1.54) is 12.1 Å². The molecule has 2 atom stereocenters. The second-order valence-corrected chi connectivity index (χ2v) is 9.04. The van der Waals surface area contributed by atoms with Crippen LogP contribution in [0.15, 0.2) is 52.6 Å². The minimum atomic E-state index is -3.54. The molecule has 0 bridgehead atoms. The van der Waals surface area contributed by atoms with Crippen LogP contribution >= 0.6 is 24.0 Å². The summed E-state index contributed by atoms with van der Waals surface area (Å²) in [7, 11) is -0.0861. The number of aromatic nitrogens is 1. The molecule has 8 nitrogen and oxygen atoms in total. The van der Waals surface area contributed by atoms with Crippen LogP contribution in [0.4, 0.5) is 4.39 Å². The van der Waals surface area contributed by atoms with E-state index in [2.05, 4.69) is 19.9 Å². The summed E-state index contributed by atoms with van der Waals surface area (Å²) in [6, 6.07) is 7.86. The molecule has 3 rings (SSSR count). The third kappa shape index (κ3) is 6.89. The van der Waals surface area contributed by atoms with Gasteiger partial charge in [0.15, 0.2) is 5.96 Å². The average molecular weight is 565 g/mol. The molecule has 0 radical (unpaired) electrons. The van der Waals surface area contributed by atoms with E-state index < -0.39 is 10.0 Å². The number of aryl methyl sites for hydroxylation is 1. The monoisotopic (exact) mass is 565 g/mol. The average Bonchev–Trinajstić information content (AvgIpc) is 3.15. The molecule has 172 valence electrons. The number of morpholine rings is 1. The Balaban J connectivity index is 0.00000341. The molecule has 1 aliphatic heterocycles. The van der Waals surface area contributed by atoms with Crippen LogP contribution in [0.25, 0.3) is 0 Å². The van der Waals surface area contributed by atoms with E-state index in [-0.39, 0.29) is 53.4 Å². The molecule has 11 heteroatoms. The first-order chi connectivity index (χ1) is 14.3. The van der Waals surface area contributed by atoms with Crippen molar-refractivity contribution >= 4 is 40.0 Å². The lowest BCUT2D eigenvalue weighted by atomic mass is 10.1. The van der Waals surface area contributed by atoms with Gasteiger partial charge < -0.3 is 19.5 Å². The number of rotatable bonds is 6. The summed E-state index contributed by atoms with van der Waals surface area (Å²) in [5, 5.41) is 3.20. The highest BCUT2D eigenvalue weighted by Crippen LogP contribution is 2.25. The Morgan fingerprint density at radius 3 is 2.55 bits per heavy atom. The molecule has 0 spiro atoms. The number of guanidine groups is 1. The van der Waals surface area contributed by atoms with Crippen LogP contribution in [0.1, 0.15) is 18.6 Å².